The molecule has 5 rings (SSSR count). The standard InChI is InChI=1S/C35H35N4O5.Ni/c1-8-22-18(2)28-15-33-25(17-40)21(5)27(39-33)13-26-19(3)23(9-11-34(41)43-6)31(37-26)16-32-24(10-12-35(42)44-7)20(4)29(38-32)14-30(22)36-28;/h8,13-17H,1,9-12H2,2-7H3,(H-,36,37,38,39,40);/q-1;+2/p-1. The molecule has 45 heavy (non-hydrogen) atoms. The fourth-order valence-corrected chi connectivity index (χ4v) is 5.70. The van der Waals surface area contributed by atoms with Crippen LogP contribution in [0.4, 0.5) is 0 Å². The van der Waals surface area contributed by atoms with Gasteiger partial charge in [0.15, 0.2) is 0 Å². The first-order chi connectivity index (χ1) is 21.1. The van der Waals surface area contributed by atoms with E-state index in [0.29, 0.717) is 63.3 Å². The van der Waals surface area contributed by atoms with Crippen LogP contribution in [0.3, 0.4) is 0 Å². The van der Waals surface area contributed by atoms with Crippen LogP contribution < -0.4 is 20.8 Å². The number of hydrogen-bond donors (Lipinski definition) is 0. The minimum atomic E-state index is -0.322. The molecular weight excluding hydrogens is 615 g/mol. The molecule has 0 spiro atoms. The molecule has 0 N–H and O–H groups in total. The largest absolute Gasteiger partial charge is 2.00 e. The molecule has 0 atom stereocenters. The van der Waals surface area contributed by atoms with Crippen LogP contribution in [0, 0.1) is 6.92 Å². The van der Waals surface area contributed by atoms with Gasteiger partial charge >= 0.3 is 28.4 Å². The van der Waals surface area contributed by atoms with Gasteiger partial charge in [-0.1, -0.05) is 35.9 Å². The molecule has 0 unspecified atom stereocenters. The third-order valence-corrected chi connectivity index (χ3v) is 8.41. The molecule has 4 aliphatic rings. The first-order valence-corrected chi connectivity index (χ1v) is 14.4. The normalized spacial score (nSPS) is 18.0. The maximum atomic E-state index is 12.2. The van der Waals surface area contributed by atoms with Gasteiger partial charge in [-0.05, 0) is 80.6 Å². The van der Waals surface area contributed by atoms with E-state index < -0.39 is 0 Å². The zero-order valence-corrected chi connectivity index (χ0v) is 27.1. The Labute approximate surface area is 272 Å². The van der Waals surface area contributed by atoms with Crippen LogP contribution in [0.5, 0.6) is 0 Å². The first kappa shape index (κ1) is 33.3. The van der Waals surface area contributed by atoms with Crippen LogP contribution in [0.1, 0.15) is 51.2 Å². The zero-order valence-electron chi connectivity index (χ0n) is 26.1. The molecule has 0 radical (unpaired) electrons. The number of nitrogens with zero attached hydrogens (tertiary/aromatic N) is 4. The van der Waals surface area contributed by atoms with Crippen molar-refractivity contribution in [2.45, 2.75) is 53.4 Å². The predicted octanol–water partition coefficient (Wildman–Crippen LogP) is 3.05. The SMILES string of the molecule is C=CC1=C(C)C2=CC3=NC(=C(C)/C3=C\[O-])C=c3[n-]c(c(CCC(=O)OC)c3C)=CC3=NC(=CC1=N2)C(C)=C3CCC(=O)OC.[Ni+2]. The molecule has 8 bridgehead atoms. The van der Waals surface area contributed by atoms with Crippen LogP contribution >= 0.6 is 0 Å². The van der Waals surface area contributed by atoms with Crippen molar-refractivity contribution in [3.63, 3.8) is 0 Å². The Hall–Kier alpha value is -4.56. The summed E-state index contributed by atoms with van der Waals surface area (Å²) in [5.74, 6) is -0.634. The number of aromatic nitrogens is 1. The summed E-state index contributed by atoms with van der Waals surface area (Å²) < 4.78 is 9.82. The number of carbonyl (C=O) groups excluding carboxylic acids is 2. The van der Waals surface area contributed by atoms with Crippen molar-refractivity contribution in [1.82, 2.24) is 4.98 Å². The van der Waals surface area contributed by atoms with Crippen molar-refractivity contribution in [1.29, 1.82) is 0 Å². The van der Waals surface area contributed by atoms with E-state index in [4.69, 9.17) is 29.4 Å². The second kappa shape index (κ2) is 13.6. The van der Waals surface area contributed by atoms with Crippen LogP contribution in [0.25, 0.3) is 12.2 Å². The Balaban J connectivity index is 0.00000461. The molecule has 10 heteroatoms. The number of allylic oxidation sites excluding steroid dienone is 10. The Morgan fingerprint density at radius 3 is 2.09 bits per heavy atom. The number of rotatable bonds is 7. The average molecular weight is 649 g/mol. The third kappa shape index (κ3) is 6.33. The minimum Gasteiger partial charge on any atom is -0.877 e. The van der Waals surface area contributed by atoms with E-state index in [2.05, 4.69) is 6.58 Å². The molecule has 0 fully saturated rings. The molecule has 4 aliphatic heterocycles. The van der Waals surface area contributed by atoms with Gasteiger partial charge in [0.25, 0.3) is 0 Å². The van der Waals surface area contributed by atoms with Crippen LogP contribution in [-0.4, -0.2) is 43.3 Å². The fourth-order valence-electron chi connectivity index (χ4n) is 5.70. The van der Waals surface area contributed by atoms with Gasteiger partial charge in [0, 0.05) is 18.4 Å². The summed E-state index contributed by atoms with van der Waals surface area (Å²) in [7, 11) is 2.74. The molecule has 234 valence electrons. The summed E-state index contributed by atoms with van der Waals surface area (Å²) in [4.78, 5) is 43.9. The van der Waals surface area contributed by atoms with E-state index in [0.717, 1.165) is 45.3 Å². The van der Waals surface area contributed by atoms with E-state index in [-0.39, 0.29) is 41.3 Å². The molecule has 0 saturated carbocycles. The quantitative estimate of drug-likeness (QED) is 0.254. The maximum absolute atomic E-state index is 12.2. The van der Waals surface area contributed by atoms with E-state index in [1.807, 2.05) is 52.0 Å². The predicted molar refractivity (Wildman–Crippen MR) is 169 cm³/mol. The monoisotopic (exact) mass is 648 g/mol. The smallest absolute Gasteiger partial charge is 0.877 e. The number of ether oxygens (including phenoxy) is 2. The summed E-state index contributed by atoms with van der Waals surface area (Å²) >= 11 is 0. The zero-order chi connectivity index (χ0) is 31.7. The molecule has 0 saturated heterocycles. The summed E-state index contributed by atoms with van der Waals surface area (Å²) in [6.45, 7) is 11.8. The van der Waals surface area contributed by atoms with Crippen molar-refractivity contribution >= 4 is 41.2 Å². The maximum Gasteiger partial charge on any atom is 2.00 e. The minimum absolute atomic E-state index is 0. The summed E-state index contributed by atoms with van der Waals surface area (Å²) in [5.41, 5.74) is 10.5. The number of esters is 2. The fraction of sp³-hybridized carbons (Fsp3) is 0.286. The van der Waals surface area contributed by atoms with Gasteiger partial charge in [-0.3, -0.25) is 9.59 Å². The van der Waals surface area contributed by atoms with Crippen molar-refractivity contribution < 1.29 is 40.7 Å². The van der Waals surface area contributed by atoms with Gasteiger partial charge in [-0.25, -0.2) is 15.0 Å². The molecule has 5 heterocycles. The van der Waals surface area contributed by atoms with Crippen molar-refractivity contribution in [2.75, 3.05) is 14.2 Å². The van der Waals surface area contributed by atoms with Gasteiger partial charge in [0.2, 0.25) is 0 Å². The number of carbonyl (C=O) groups is 2. The topological polar surface area (TPSA) is 127 Å². The molecule has 0 aromatic carbocycles. The first-order valence-electron chi connectivity index (χ1n) is 14.4. The van der Waals surface area contributed by atoms with E-state index in [9.17, 15) is 14.7 Å². The van der Waals surface area contributed by atoms with Crippen LogP contribution in [0.2, 0.25) is 0 Å². The second-order valence-corrected chi connectivity index (χ2v) is 10.9. The van der Waals surface area contributed by atoms with Gasteiger partial charge in [0.05, 0.1) is 48.4 Å². The number of hydrogen-bond acceptors (Lipinski definition) is 8. The van der Waals surface area contributed by atoms with Crippen molar-refractivity contribution in [3.05, 3.63) is 103 Å². The van der Waals surface area contributed by atoms with E-state index in [1.165, 1.54) is 14.2 Å². The van der Waals surface area contributed by atoms with Crippen LogP contribution in [-0.2, 0) is 42.0 Å². The van der Waals surface area contributed by atoms with Gasteiger partial charge < -0.3 is 19.6 Å². The Bertz CT molecular complexity index is 1920. The third-order valence-electron chi connectivity index (χ3n) is 8.41. The number of aliphatic imine (C=N–C) groups is 3. The molecule has 9 nitrogen and oxygen atoms in total. The van der Waals surface area contributed by atoms with E-state index in [1.54, 1.807) is 6.08 Å². The molecule has 0 aliphatic carbocycles. The Kier molecular flexibility index (Phi) is 10.1. The number of methoxy groups -OCH3 is 2. The van der Waals surface area contributed by atoms with Gasteiger partial charge in [0.1, 0.15) is 0 Å². The van der Waals surface area contributed by atoms with Gasteiger partial charge in [-0.2, -0.15) is 0 Å². The van der Waals surface area contributed by atoms with Gasteiger partial charge in [-0.15, -0.1) is 17.0 Å². The molecule has 1 aromatic heterocycles. The molecular formula is C35H34N4NiO5. The number of fused-ring (bicyclic) bond motifs is 5. The van der Waals surface area contributed by atoms with Crippen molar-refractivity contribution in [3.8, 4) is 0 Å². The Morgan fingerprint density at radius 2 is 1.44 bits per heavy atom. The molecule has 0 amide bonds. The van der Waals surface area contributed by atoms with Crippen LogP contribution in [0.15, 0.2) is 96.6 Å². The average Bonchev–Trinajstić information content (AvgIpc) is 3.67. The summed E-state index contributed by atoms with van der Waals surface area (Å²) in [5, 5.41) is 13.6. The molecule has 1 aromatic rings. The summed E-state index contributed by atoms with van der Waals surface area (Å²) in [6.07, 6.45) is 11.3. The van der Waals surface area contributed by atoms with E-state index >= 15 is 0 Å². The summed E-state index contributed by atoms with van der Waals surface area (Å²) in [6, 6.07) is 0. The Morgan fingerprint density at radius 1 is 0.822 bits per heavy atom. The van der Waals surface area contributed by atoms with Crippen molar-refractivity contribution in [2.24, 2.45) is 15.0 Å². The second-order valence-electron chi connectivity index (χ2n) is 10.9.